The van der Waals surface area contributed by atoms with E-state index in [1.54, 1.807) is 18.9 Å². The molecule has 0 unspecified atom stereocenters. The highest BCUT2D eigenvalue weighted by atomic mass is 16.5. The summed E-state index contributed by atoms with van der Waals surface area (Å²) in [5.41, 5.74) is 3.37. The van der Waals surface area contributed by atoms with Crippen LogP contribution in [0.5, 0.6) is 17.2 Å². The fraction of sp³-hybridized carbons (Fsp3) is 0.211. The summed E-state index contributed by atoms with van der Waals surface area (Å²) < 4.78 is 24.0. The zero-order chi connectivity index (χ0) is 31.2. The fourth-order valence-electron chi connectivity index (χ4n) is 5.76. The van der Waals surface area contributed by atoms with Gasteiger partial charge < -0.3 is 23.8 Å². The Balaban J connectivity index is 1.36. The van der Waals surface area contributed by atoms with E-state index >= 15 is 0 Å². The summed E-state index contributed by atoms with van der Waals surface area (Å²) in [5, 5.41) is 2.07. The first-order valence-corrected chi connectivity index (χ1v) is 15.1. The molecule has 45 heavy (non-hydrogen) atoms. The van der Waals surface area contributed by atoms with Crippen molar-refractivity contribution in [3.8, 4) is 17.2 Å². The molecule has 1 aliphatic rings. The lowest BCUT2D eigenvalue weighted by Gasteiger charge is -2.38. The van der Waals surface area contributed by atoms with E-state index in [1.807, 2.05) is 115 Å². The molecule has 0 aromatic heterocycles. The van der Waals surface area contributed by atoms with E-state index < -0.39 is 18.1 Å². The molecule has 0 saturated carbocycles. The van der Waals surface area contributed by atoms with Crippen LogP contribution in [0.2, 0.25) is 0 Å². The first-order chi connectivity index (χ1) is 22.1. The highest BCUT2D eigenvalue weighted by Crippen LogP contribution is 2.40. The van der Waals surface area contributed by atoms with Crippen LogP contribution in [-0.2, 0) is 33.9 Å². The maximum Gasteiger partial charge on any atom is 0.329 e. The summed E-state index contributed by atoms with van der Waals surface area (Å²) in [4.78, 5) is 29.6. The average Bonchev–Trinajstić information content (AvgIpc) is 3.09. The summed E-state index contributed by atoms with van der Waals surface area (Å²) in [6.07, 6.45) is -0.781. The molecule has 0 saturated heterocycles. The molecule has 228 valence electrons. The molecule has 2 atom stereocenters. The summed E-state index contributed by atoms with van der Waals surface area (Å²) in [6.45, 7) is 2.45. The molecule has 1 heterocycles. The van der Waals surface area contributed by atoms with Gasteiger partial charge in [0.05, 0.1) is 13.7 Å². The van der Waals surface area contributed by atoms with Gasteiger partial charge in [-0.15, -0.1) is 0 Å². The van der Waals surface area contributed by atoms with Crippen molar-refractivity contribution in [1.82, 2.24) is 4.90 Å². The van der Waals surface area contributed by atoms with E-state index in [0.29, 0.717) is 29.4 Å². The van der Waals surface area contributed by atoms with Crippen molar-refractivity contribution in [3.05, 3.63) is 138 Å². The number of hydrogen-bond donors (Lipinski definition) is 0. The van der Waals surface area contributed by atoms with Crippen molar-refractivity contribution in [3.63, 3.8) is 0 Å². The van der Waals surface area contributed by atoms with Gasteiger partial charge in [0.2, 0.25) is 6.10 Å². The number of nitrogens with zero attached hydrogens (tertiary/aromatic N) is 1. The third-order valence-electron chi connectivity index (χ3n) is 8.02. The van der Waals surface area contributed by atoms with E-state index in [9.17, 15) is 9.59 Å². The Labute approximate surface area is 262 Å². The number of ether oxygens (including phenoxy) is 4. The van der Waals surface area contributed by atoms with Gasteiger partial charge in [-0.2, -0.15) is 0 Å². The van der Waals surface area contributed by atoms with Crippen LogP contribution < -0.4 is 14.2 Å². The Morgan fingerprint density at radius 2 is 1.56 bits per heavy atom. The molecule has 5 aromatic rings. The lowest BCUT2D eigenvalue weighted by Crippen LogP contribution is -2.51. The van der Waals surface area contributed by atoms with Gasteiger partial charge in [0.25, 0.3) is 5.91 Å². The normalized spacial score (nSPS) is 14.7. The standard InChI is InChI=1S/C38H35NO6/c1-3-43-38(41)33-23-32-30(19-21-34(42-2)36(32)44-25-26-12-6-4-7-13-26)24-39(33)37(40)35(28-15-8-5-9-16-28)45-31-20-18-27-14-10-11-17-29(27)22-31/h4-22,33,35H,3,23-25H2,1-2H3/t33-,35-/m0/s1. The van der Waals surface area contributed by atoms with Gasteiger partial charge >= 0.3 is 5.97 Å². The van der Waals surface area contributed by atoms with Crippen molar-refractivity contribution in [2.45, 2.75) is 38.6 Å². The van der Waals surface area contributed by atoms with Crippen LogP contribution >= 0.6 is 0 Å². The summed E-state index contributed by atoms with van der Waals surface area (Å²) in [7, 11) is 1.59. The minimum atomic E-state index is -0.988. The second kappa shape index (κ2) is 13.6. The van der Waals surface area contributed by atoms with Gasteiger partial charge in [0, 0.05) is 24.1 Å². The molecule has 0 aliphatic carbocycles. The summed E-state index contributed by atoms with van der Waals surface area (Å²) in [6, 6.07) is 35.8. The number of rotatable bonds is 10. The van der Waals surface area contributed by atoms with Crippen molar-refractivity contribution >= 4 is 22.6 Å². The molecular weight excluding hydrogens is 566 g/mol. The largest absolute Gasteiger partial charge is 0.493 e. The average molecular weight is 602 g/mol. The molecule has 7 nitrogen and oxygen atoms in total. The number of esters is 1. The second-order valence-electron chi connectivity index (χ2n) is 10.9. The summed E-state index contributed by atoms with van der Waals surface area (Å²) in [5.74, 6) is 0.870. The fourth-order valence-corrected chi connectivity index (χ4v) is 5.76. The van der Waals surface area contributed by atoms with Gasteiger partial charge in [-0.1, -0.05) is 97.1 Å². The quantitative estimate of drug-likeness (QED) is 0.160. The molecule has 7 heteroatoms. The second-order valence-corrected chi connectivity index (χ2v) is 10.9. The molecule has 0 spiro atoms. The Morgan fingerprint density at radius 1 is 0.844 bits per heavy atom. The molecule has 0 fully saturated rings. The van der Waals surface area contributed by atoms with Crippen molar-refractivity contribution in [2.24, 2.45) is 0 Å². The SMILES string of the molecule is CCOC(=O)[C@@H]1Cc2c(ccc(OC)c2OCc2ccccc2)CN1C(=O)[C@@H](Oc1ccc2ccccc2c1)c1ccccc1. The van der Waals surface area contributed by atoms with Crippen molar-refractivity contribution in [2.75, 3.05) is 13.7 Å². The molecule has 1 aliphatic heterocycles. The Hall–Kier alpha value is -5.30. The lowest BCUT2D eigenvalue weighted by molar-refractivity contribution is -0.158. The maximum atomic E-state index is 14.6. The Morgan fingerprint density at radius 3 is 2.29 bits per heavy atom. The minimum absolute atomic E-state index is 0.174. The van der Waals surface area contributed by atoms with Gasteiger partial charge in [-0.25, -0.2) is 4.79 Å². The van der Waals surface area contributed by atoms with Crippen LogP contribution in [0, 0.1) is 0 Å². The monoisotopic (exact) mass is 601 g/mol. The molecule has 0 bridgehead atoms. The molecule has 1 amide bonds. The van der Waals surface area contributed by atoms with Gasteiger partial charge in [-0.05, 0) is 47.0 Å². The number of amides is 1. The predicted molar refractivity (Wildman–Crippen MR) is 172 cm³/mol. The van der Waals surface area contributed by atoms with Crippen LogP contribution in [0.25, 0.3) is 10.8 Å². The van der Waals surface area contributed by atoms with Crippen molar-refractivity contribution in [1.29, 1.82) is 0 Å². The highest BCUT2D eigenvalue weighted by molar-refractivity contribution is 5.89. The van der Waals surface area contributed by atoms with E-state index in [0.717, 1.165) is 27.5 Å². The number of fused-ring (bicyclic) bond motifs is 2. The molecular formula is C38H35NO6. The van der Waals surface area contributed by atoms with E-state index in [2.05, 4.69) is 0 Å². The number of benzene rings is 5. The van der Waals surface area contributed by atoms with Crippen molar-refractivity contribution < 1.29 is 28.5 Å². The third-order valence-corrected chi connectivity index (χ3v) is 8.02. The Kier molecular flexibility index (Phi) is 8.96. The summed E-state index contributed by atoms with van der Waals surface area (Å²) >= 11 is 0. The van der Waals surface area contributed by atoms with Crippen LogP contribution in [0.3, 0.4) is 0 Å². The number of carbonyl (C=O) groups is 2. The third kappa shape index (κ3) is 6.48. The van der Waals surface area contributed by atoms with Crippen LogP contribution in [0.1, 0.15) is 35.3 Å². The molecule has 6 rings (SSSR count). The number of methoxy groups -OCH3 is 1. The van der Waals surface area contributed by atoms with Gasteiger partial charge in [-0.3, -0.25) is 4.79 Å². The van der Waals surface area contributed by atoms with Crippen LogP contribution in [0.4, 0.5) is 0 Å². The van der Waals surface area contributed by atoms with Crippen LogP contribution in [-0.4, -0.2) is 36.5 Å². The first-order valence-electron chi connectivity index (χ1n) is 15.1. The number of carbonyl (C=O) groups excluding carboxylic acids is 2. The van der Waals surface area contributed by atoms with E-state index in [1.165, 1.54) is 0 Å². The lowest BCUT2D eigenvalue weighted by atomic mass is 9.91. The Bertz CT molecular complexity index is 1790. The maximum absolute atomic E-state index is 14.6. The first kappa shape index (κ1) is 29.8. The molecule has 0 N–H and O–H groups in total. The van der Waals surface area contributed by atoms with Gasteiger partial charge in [0.15, 0.2) is 11.5 Å². The molecule has 5 aromatic carbocycles. The number of hydrogen-bond acceptors (Lipinski definition) is 6. The van der Waals surface area contributed by atoms with Crippen LogP contribution in [0.15, 0.2) is 115 Å². The predicted octanol–water partition coefficient (Wildman–Crippen LogP) is 7.06. The molecule has 0 radical (unpaired) electrons. The zero-order valence-electron chi connectivity index (χ0n) is 25.3. The zero-order valence-corrected chi connectivity index (χ0v) is 25.3. The van der Waals surface area contributed by atoms with E-state index in [4.69, 9.17) is 18.9 Å². The highest BCUT2D eigenvalue weighted by Gasteiger charge is 2.41. The smallest absolute Gasteiger partial charge is 0.329 e. The topological polar surface area (TPSA) is 74.3 Å². The minimum Gasteiger partial charge on any atom is -0.493 e. The van der Waals surface area contributed by atoms with E-state index in [-0.39, 0.29) is 25.5 Å². The van der Waals surface area contributed by atoms with Gasteiger partial charge in [0.1, 0.15) is 18.4 Å².